The first-order chi connectivity index (χ1) is 16.9. The smallest absolute Gasteiger partial charge is 0.341 e. The van der Waals surface area contributed by atoms with E-state index in [1.54, 1.807) is 37.3 Å². The predicted octanol–water partition coefficient (Wildman–Crippen LogP) is 4.17. The first-order valence-corrected chi connectivity index (χ1v) is 11.5. The van der Waals surface area contributed by atoms with Gasteiger partial charge in [-0.3, -0.25) is 4.79 Å². The highest BCUT2D eigenvalue weighted by atomic mass is 19.1. The van der Waals surface area contributed by atoms with Gasteiger partial charge < -0.3 is 19.7 Å². The minimum atomic E-state index is -0.447. The number of anilines is 2. The van der Waals surface area contributed by atoms with E-state index in [0.717, 1.165) is 16.7 Å². The van der Waals surface area contributed by atoms with Gasteiger partial charge in [0.05, 0.1) is 31.0 Å². The molecule has 0 radical (unpaired) electrons. The minimum absolute atomic E-state index is 0.122. The van der Waals surface area contributed by atoms with Crippen LogP contribution in [0.4, 0.5) is 15.9 Å². The van der Waals surface area contributed by atoms with Crippen LogP contribution in [0.3, 0.4) is 0 Å². The first kappa shape index (κ1) is 24.1. The molecule has 0 aliphatic carbocycles. The van der Waals surface area contributed by atoms with Gasteiger partial charge in [0, 0.05) is 24.7 Å². The van der Waals surface area contributed by atoms with Crippen molar-refractivity contribution in [3.8, 4) is 17.0 Å². The first-order valence-electron chi connectivity index (χ1n) is 11.5. The molecule has 0 unspecified atom stereocenters. The van der Waals surface area contributed by atoms with Gasteiger partial charge in [-0.1, -0.05) is 12.1 Å². The molecule has 9 heteroatoms. The molecule has 0 atom stereocenters. The molecule has 35 heavy (non-hydrogen) atoms. The number of carbonyl (C=O) groups excluding carboxylic acids is 2. The molecule has 0 bridgehead atoms. The summed E-state index contributed by atoms with van der Waals surface area (Å²) in [5.74, 6) is 0.0111. The number of halogens is 1. The quantitative estimate of drug-likeness (QED) is 0.462. The summed E-state index contributed by atoms with van der Waals surface area (Å²) in [4.78, 5) is 34.8. The highest BCUT2D eigenvalue weighted by Crippen LogP contribution is 2.34. The molecule has 182 valence electrons. The van der Waals surface area contributed by atoms with E-state index in [1.165, 1.54) is 17.3 Å². The summed E-state index contributed by atoms with van der Waals surface area (Å²) in [5, 5.41) is 3.18. The summed E-state index contributed by atoms with van der Waals surface area (Å²) in [6, 6.07) is 10.0. The number of aryl methyl sites for hydroxylation is 1. The van der Waals surface area contributed by atoms with Crippen LogP contribution in [0, 0.1) is 12.7 Å². The molecule has 1 N–H and O–H groups in total. The van der Waals surface area contributed by atoms with Crippen LogP contribution in [0.25, 0.3) is 11.3 Å². The van der Waals surface area contributed by atoms with E-state index in [0.29, 0.717) is 48.2 Å². The molecule has 1 amide bonds. The van der Waals surface area contributed by atoms with E-state index in [9.17, 15) is 14.0 Å². The Hall–Kier alpha value is -4.01. The SMILES string of the molecule is CCOC(=O)c1ccc(-c2cc(NCCN3C(=O)Cc4c(C)ccc(F)c43)ncn2)cc1OCC. The van der Waals surface area contributed by atoms with Crippen molar-refractivity contribution in [2.24, 2.45) is 0 Å². The van der Waals surface area contributed by atoms with Crippen molar-refractivity contribution >= 4 is 23.4 Å². The molecule has 8 nitrogen and oxygen atoms in total. The Bertz CT molecular complexity index is 1260. The van der Waals surface area contributed by atoms with Crippen molar-refractivity contribution in [1.82, 2.24) is 9.97 Å². The Morgan fingerprint density at radius 2 is 1.97 bits per heavy atom. The Balaban J connectivity index is 1.48. The van der Waals surface area contributed by atoms with Crippen molar-refractivity contribution in [2.75, 3.05) is 36.5 Å². The molecular formula is C26H27FN4O4. The second kappa shape index (κ2) is 10.5. The Morgan fingerprint density at radius 3 is 2.74 bits per heavy atom. The monoisotopic (exact) mass is 478 g/mol. The summed E-state index contributed by atoms with van der Waals surface area (Å²) in [7, 11) is 0. The van der Waals surface area contributed by atoms with Crippen LogP contribution in [-0.2, 0) is 16.0 Å². The lowest BCUT2D eigenvalue weighted by molar-refractivity contribution is -0.117. The fraction of sp³-hybridized carbons (Fsp3) is 0.308. The molecule has 0 saturated heterocycles. The van der Waals surface area contributed by atoms with Crippen molar-refractivity contribution in [2.45, 2.75) is 27.2 Å². The summed E-state index contributed by atoms with van der Waals surface area (Å²) in [6.45, 7) is 6.81. The average Bonchev–Trinajstić information content (AvgIpc) is 3.19. The lowest BCUT2D eigenvalue weighted by Crippen LogP contribution is -2.32. The Labute approximate surface area is 203 Å². The van der Waals surface area contributed by atoms with Crippen molar-refractivity contribution in [3.63, 3.8) is 0 Å². The van der Waals surface area contributed by atoms with E-state index >= 15 is 0 Å². The standard InChI is InChI=1S/C26H27FN4O4/c1-4-34-22-12-17(7-8-18(22)26(33)35-5-2)21-14-23(30-15-29-21)28-10-11-31-24(32)13-19-16(3)6-9-20(27)25(19)31/h6-9,12,14-15H,4-5,10-11,13H2,1-3H3,(H,28,29,30). The lowest BCUT2D eigenvalue weighted by Gasteiger charge is -2.19. The van der Waals surface area contributed by atoms with Crippen molar-refractivity contribution in [1.29, 1.82) is 0 Å². The Morgan fingerprint density at radius 1 is 1.14 bits per heavy atom. The third-order valence-electron chi connectivity index (χ3n) is 5.75. The number of hydrogen-bond acceptors (Lipinski definition) is 7. The van der Waals surface area contributed by atoms with Gasteiger partial charge in [-0.15, -0.1) is 0 Å². The number of carbonyl (C=O) groups is 2. The molecule has 4 rings (SSSR count). The van der Waals surface area contributed by atoms with Gasteiger partial charge in [0.25, 0.3) is 0 Å². The van der Waals surface area contributed by atoms with Crippen LogP contribution < -0.4 is 15.0 Å². The van der Waals surface area contributed by atoms with Gasteiger partial charge in [-0.25, -0.2) is 19.2 Å². The summed E-state index contributed by atoms with van der Waals surface area (Å²) >= 11 is 0. The molecule has 0 fully saturated rings. The number of aromatic nitrogens is 2. The normalized spacial score (nSPS) is 12.5. The van der Waals surface area contributed by atoms with Crippen LogP contribution in [0.2, 0.25) is 0 Å². The largest absolute Gasteiger partial charge is 0.493 e. The molecule has 1 aromatic heterocycles. The number of benzene rings is 2. The molecule has 1 aliphatic rings. The average molecular weight is 479 g/mol. The second-order valence-electron chi connectivity index (χ2n) is 7.99. The highest BCUT2D eigenvalue weighted by molar-refractivity contribution is 6.02. The van der Waals surface area contributed by atoms with Gasteiger partial charge in [0.15, 0.2) is 0 Å². The molecule has 2 aromatic carbocycles. The topological polar surface area (TPSA) is 93.7 Å². The number of hydrogen-bond donors (Lipinski definition) is 1. The van der Waals surface area contributed by atoms with Crippen LogP contribution in [-0.4, -0.2) is 48.1 Å². The van der Waals surface area contributed by atoms with E-state index < -0.39 is 11.8 Å². The zero-order chi connectivity index (χ0) is 24.9. The number of fused-ring (bicyclic) bond motifs is 1. The molecule has 2 heterocycles. The molecule has 0 spiro atoms. The zero-order valence-corrected chi connectivity index (χ0v) is 19.9. The van der Waals surface area contributed by atoms with Gasteiger partial charge in [-0.2, -0.15) is 0 Å². The predicted molar refractivity (Wildman–Crippen MR) is 130 cm³/mol. The third kappa shape index (κ3) is 5.08. The van der Waals surface area contributed by atoms with E-state index in [2.05, 4.69) is 15.3 Å². The van der Waals surface area contributed by atoms with E-state index in [-0.39, 0.29) is 18.9 Å². The van der Waals surface area contributed by atoms with E-state index in [4.69, 9.17) is 9.47 Å². The summed E-state index contributed by atoms with van der Waals surface area (Å²) in [6.07, 6.45) is 1.64. The zero-order valence-electron chi connectivity index (χ0n) is 19.9. The van der Waals surface area contributed by atoms with Gasteiger partial charge in [0.2, 0.25) is 5.91 Å². The van der Waals surface area contributed by atoms with Gasteiger partial charge >= 0.3 is 5.97 Å². The maximum Gasteiger partial charge on any atom is 0.341 e. The van der Waals surface area contributed by atoms with Crippen LogP contribution in [0.15, 0.2) is 42.7 Å². The number of rotatable bonds is 9. The molecular weight excluding hydrogens is 451 g/mol. The van der Waals surface area contributed by atoms with Crippen molar-refractivity contribution < 1.29 is 23.5 Å². The fourth-order valence-corrected chi connectivity index (χ4v) is 4.07. The van der Waals surface area contributed by atoms with Gasteiger partial charge in [0.1, 0.15) is 29.3 Å². The number of nitrogens with zero attached hydrogens (tertiary/aromatic N) is 3. The lowest BCUT2D eigenvalue weighted by atomic mass is 10.1. The fourth-order valence-electron chi connectivity index (χ4n) is 4.07. The molecule has 0 saturated carbocycles. The highest BCUT2D eigenvalue weighted by Gasteiger charge is 2.31. The number of esters is 1. The van der Waals surface area contributed by atoms with Crippen LogP contribution >= 0.6 is 0 Å². The second-order valence-corrected chi connectivity index (χ2v) is 7.99. The maximum absolute atomic E-state index is 14.4. The van der Waals surface area contributed by atoms with Gasteiger partial charge in [-0.05, 0) is 50.1 Å². The summed E-state index contributed by atoms with van der Waals surface area (Å²) < 4.78 is 25.2. The molecule has 1 aliphatic heterocycles. The number of nitrogens with one attached hydrogen (secondary N) is 1. The maximum atomic E-state index is 14.4. The van der Waals surface area contributed by atoms with Crippen LogP contribution in [0.1, 0.15) is 35.3 Å². The number of ether oxygens (including phenoxy) is 2. The van der Waals surface area contributed by atoms with E-state index in [1.807, 2.05) is 13.8 Å². The third-order valence-corrected chi connectivity index (χ3v) is 5.75. The number of amides is 1. The summed E-state index contributed by atoms with van der Waals surface area (Å²) in [5.41, 5.74) is 3.74. The Kier molecular flexibility index (Phi) is 7.24. The molecule has 3 aromatic rings. The van der Waals surface area contributed by atoms with Crippen LogP contribution in [0.5, 0.6) is 5.75 Å². The van der Waals surface area contributed by atoms with Crippen molar-refractivity contribution in [3.05, 3.63) is 65.2 Å². The minimum Gasteiger partial charge on any atom is -0.493 e.